The van der Waals surface area contributed by atoms with Gasteiger partial charge in [-0.1, -0.05) is 0 Å². The topological polar surface area (TPSA) is 106 Å². The standard InChI is InChI=1S/C17H27N3O5S/c1-24-12-10-18-8-9-19-17(21)14-4-6-16(7-5-14)26(22,23)20-13-15-3-2-11-25-15/h4-7,15,18,20H,2-3,8-13H2,1H3,(H,19,21). The van der Waals surface area contributed by atoms with Gasteiger partial charge in [0.25, 0.3) is 5.91 Å². The van der Waals surface area contributed by atoms with Crippen LogP contribution in [-0.4, -0.2) is 66.9 Å². The predicted molar refractivity (Wildman–Crippen MR) is 97.7 cm³/mol. The molecule has 1 atom stereocenters. The summed E-state index contributed by atoms with van der Waals surface area (Å²) in [6.45, 7) is 3.39. The number of hydrogen-bond acceptors (Lipinski definition) is 6. The number of nitrogens with one attached hydrogen (secondary N) is 3. The van der Waals surface area contributed by atoms with Gasteiger partial charge >= 0.3 is 0 Å². The molecule has 1 unspecified atom stereocenters. The van der Waals surface area contributed by atoms with Crippen LogP contribution in [-0.2, 0) is 19.5 Å². The Morgan fingerprint density at radius 1 is 1.23 bits per heavy atom. The van der Waals surface area contributed by atoms with Crippen molar-refractivity contribution < 1.29 is 22.7 Å². The minimum atomic E-state index is -3.60. The van der Waals surface area contributed by atoms with E-state index in [1.54, 1.807) is 7.11 Å². The van der Waals surface area contributed by atoms with Crippen molar-refractivity contribution in [3.8, 4) is 0 Å². The lowest BCUT2D eigenvalue weighted by Crippen LogP contribution is -2.33. The third-order valence-electron chi connectivity index (χ3n) is 4.02. The Labute approximate surface area is 154 Å². The molecule has 0 aliphatic carbocycles. The fourth-order valence-electron chi connectivity index (χ4n) is 2.54. The minimum Gasteiger partial charge on any atom is -0.383 e. The molecule has 2 rings (SSSR count). The maximum Gasteiger partial charge on any atom is 0.251 e. The molecule has 1 saturated heterocycles. The van der Waals surface area contributed by atoms with E-state index in [4.69, 9.17) is 9.47 Å². The van der Waals surface area contributed by atoms with E-state index in [-0.39, 0.29) is 23.5 Å². The second kappa shape index (κ2) is 10.6. The maximum atomic E-state index is 12.3. The molecule has 9 heteroatoms. The molecule has 0 bridgehead atoms. The monoisotopic (exact) mass is 385 g/mol. The van der Waals surface area contributed by atoms with Crippen LogP contribution in [0.3, 0.4) is 0 Å². The molecule has 0 saturated carbocycles. The van der Waals surface area contributed by atoms with E-state index in [1.165, 1.54) is 24.3 Å². The van der Waals surface area contributed by atoms with Crippen LogP contribution < -0.4 is 15.4 Å². The molecule has 146 valence electrons. The lowest BCUT2D eigenvalue weighted by molar-refractivity contribution is 0.0953. The lowest BCUT2D eigenvalue weighted by atomic mass is 10.2. The number of rotatable bonds is 11. The van der Waals surface area contributed by atoms with E-state index in [0.717, 1.165) is 19.4 Å². The van der Waals surface area contributed by atoms with Crippen molar-refractivity contribution in [2.45, 2.75) is 23.8 Å². The van der Waals surface area contributed by atoms with Gasteiger partial charge in [0.2, 0.25) is 10.0 Å². The van der Waals surface area contributed by atoms with Crippen LogP contribution in [0.4, 0.5) is 0 Å². The first kappa shape index (κ1) is 20.8. The van der Waals surface area contributed by atoms with Crippen LogP contribution in [0.1, 0.15) is 23.2 Å². The van der Waals surface area contributed by atoms with Crippen LogP contribution in [0.5, 0.6) is 0 Å². The molecule has 0 aromatic heterocycles. The highest BCUT2D eigenvalue weighted by Gasteiger charge is 2.20. The summed E-state index contributed by atoms with van der Waals surface area (Å²) >= 11 is 0. The van der Waals surface area contributed by atoms with Gasteiger partial charge < -0.3 is 20.1 Å². The van der Waals surface area contributed by atoms with Crippen molar-refractivity contribution >= 4 is 15.9 Å². The fourth-order valence-corrected chi connectivity index (χ4v) is 3.61. The summed E-state index contributed by atoms with van der Waals surface area (Å²) in [5.41, 5.74) is 0.417. The average Bonchev–Trinajstić information content (AvgIpc) is 3.16. The second-order valence-corrected chi connectivity index (χ2v) is 7.78. The highest BCUT2D eigenvalue weighted by atomic mass is 32.2. The van der Waals surface area contributed by atoms with E-state index >= 15 is 0 Å². The SMILES string of the molecule is COCCNCCNC(=O)c1ccc(S(=O)(=O)NCC2CCCO2)cc1. The van der Waals surface area contributed by atoms with Crippen molar-refractivity contribution in [2.75, 3.05) is 46.5 Å². The third kappa shape index (κ3) is 6.65. The van der Waals surface area contributed by atoms with Gasteiger partial charge in [0.15, 0.2) is 0 Å². The first-order chi connectivity index (χ1) is 12.5. The number of carbonyl (C=O) groups is 1. The molecular weight excluding hydrogens is 358 g/mol. The van der Waals surface area contributed by atoms with Gasteiger partial charge in [-0.3, -0.25) is 4.79 Å². The molecule has 0 radical (unpaired) electrons. The fraction of sp³-hybridized carbons (Fsp3) is 0.588. The van der Waals surface area contributed by atoms with Crippen LogP contribution >= 0.6 is 0 Å². The quantitative estimate of drug-likeness (QED) is 0.467. The zero-order valence-corrected chi connectivity index (χ0v) is 15.8. The third-order valence-corrected chi connectivity index (χ3v) is 5.46. The van der Waals surface area contributed by atoms with Gasteiger partial charge in [-0.2, -0.15) is 0 Å². The Balaban J connectivity index is 1.79. The van der Waals surface area contributed by atoms with E-state index in [9.17, 15) is 13.2 Å². The molecule has 0 spiro atoms. The van der Waals surface area contributed by atoms with Gasteiger partial charge in [-0.15, -0.1) is 0 Å². The summed E-state index contributed by atoms with van der Waals surface area (Å²) in [6, 6.07) is 5.88. The molecule has 8 nitrogen and oxygen atoms in total. The van der Waals surface area contributed by atoms with Crippen molar-refractivity contribution in [3.63, 3.8) is 0 Å². The molecule has 26 heavy (non-hydrogen) atoms. The smallest absolute Gasteiger partial charge is 0.251 e. The number of carbonyl (C=O) groups excluding carboxylic acids is 1. The van der Waals surface area contributed by atoms with Gasteiger partial charge in [0, 0.05) is 45.5 Å². The molecule has 1 amide bonds. The van der Waals surface area contributed by atoms with Crippen LogP contribution in [0, 0.1) is 0 Å². The molecule has 1 aromatic carbocycles. The first-order valence-corrected chi connectivity index (χ1v) is 10.2. The Hall–Kier alpha value is -1.52. The number of benzene rings is 1. The molecule has 1 aliphatic rings. The van der Waals surface area contributed by atoms with Crippen molar-refractivity contribution in [1.29, 1.82) is 0 Å². The molecule has 3 N–H and O–H groups in total. The van der Waals surface area contributed by atoms with Crippen molar-refractivity contribution in [3.05, 3.63) is 29.8 Å². The predicted octanol–water partition coefficient (Wildman–Crippen LogP) is 0.110. The number of ether oxygens (including phenoxy) is 2. The first-order valence-electron chi connectivity index (χ1n) is 8.72. The lowest BCUT2D eigenvalue weighted by Gasteiger charge is -2.12. The summed E-state index contributed by atoms with van der Waals surface area (Å²) in [5, 5.41) is 5.89. The molecule has 1 fully saturated rings. The minimum absolute atomic E-state index is 0.0627. The molecular formula is C17H27N3O5S. The van der Waals surface area contributed by atoms with Gasteiger partial charge in [-0.05, 0) is 37.1 Å². The summed E-state index contributed by atoms with van der Waals surface area (Å²) in [6.07, 6.45) is 1.76. The highest BCUT2D eigenvalue weighted by molar-refractivity contribution is 7.89. The van der Waals surface area contributed by atoms with Crippen LogP contribution in [0.2, 0.25) is 0 Å². The Kier molecular flexibility index (Phi) is 8.46. The van der Waals surface area contributed by atoms with Crippen molar-refractivity contribution in [2.24, 2.45) is 0 Å². The van der Waals surface area contributed by atoms with Gasteiger partial charge in [0.1, 0.15) is 0 Å². The number of hydrogen-bond donors (Lipinski definition) is 3. The normalized spacial score (nSPS) is 17.3. The maximum absolute atomic E-state index is 12.3. The molecule has 1 aromatic rings. The molecule has 1 aliphatic heterocycles. The number of sulfonamides is 1. The van der Waals surface area contributed by atoms with E-state index in [2.05, 4.69) is 15.4 Å². The summed E-state index contributed by atoms with van der Waals surface area (Å²) in [4.78, 5) is 12.2. The summed E-state index contributed by atoms with van der Waals surface area (Å²) < 4.78 is 37.4. The summed E-state index contributed by atoms with van der Waals surface area (Å²) in [5.74, 6) is -0.241. The van der Waals surface area contributed by atoms with Gasteiger partial charge in [0.05, 0.1) is 17.6 Å². The number of methoxy groups -OCH3 is 1. The van der Waals surface area contributed by atoms with Crippen LogP contribution in [0.25, 0.3) is 0 Å². The van der Waals surface area contributed by atoms with E-state index in [0.29, 0.717) is 31.9 Å². The van der Waals surface area contributed by atoms with Crippen LogP contribution in [0.15, 0.2) is 29.2 Å². The van der Waals surface area contributed by atoms with Crippen molar-refractivity contribution in [1.82, 2.24) is 15.4 Å². The van der Waals surface area contributed by atoms with E-state index < -0.39 is 10.0 Å². The Morgan fingerprint density at radius 3 is 2.65 bits per heavy atom. The number of amides is 1. The highest BCUT2D eigenvalue weighted by Crippen LogP contribution is 2.14. The molecule has 1 heterocycles. The zero-order valence-electron chi connectivity index (χ0n) is 15.0. The van der Waals surface area contributed by atoms with Gasteiger partial charge in [-0.25, -0.2) is 13.1 Å². The Morgan fingerprint density at radius 2 is 2.00 bits per heavy atom. The average molecular weight is 385 g/mol. The largest absolute Gasteiger partial charge is 0.383 e. The second-order valence-electron chi connectivity index (χ2n) is 6.01. The van der Waals surface area contributed by atoms with E-state index in [1.807, 2.05) is 0 Å². The summed E-state index contributed by atoms with van der Waals surface area (Å²) in [7, 11) is -1.97. The Bertz CT molecular complexity index is 657. The zero-order chi connectivity index (χ0) is 18.8.